The molecule has 0 bridgehead atoms. The zero-order valence-corrected chi connectivity index (χ0v) is 15.1. The van der Waals surface area contributed by atoms with Crippen molar-refractivity contribution in [2.24, 2.45) is 0 Å². The Labute approximate surface area is 157 Å². The lowest BCUT2D eigenvalue weighted by molar-refractivity contribution is -0.137. The Morgan fingerprint density at radius 1 is 1.19 bits per heavy atom. The van der Waals surface area contributed by atoms with E-state index in [1.165, 1.54) is 17.4 Å². The minimum Gasteiger partial charge on any atom is -0.374 e. The van der Waals surface area contributed by atoms with Gasteiger partial charge in [0.2, 0.25) is 11.7 Å². The highest BCUT2D eigenvalue weighted by atomic mass is 32.1. The van der Waals surface area contributed by atoms with Gasteiger partial charge in [-0.15, -0.1) is 11.3 Å². The molecule has 27 heavy (non-hydrogen) atoms. The average molecular weight is 394 g/mol. The lowest BCUT2D eigenvalue weighted by Crippen LogP contribution is -2.20. The van der Waals surface area contributed by atoms with Gasteiger partial charge in [-0.1, -0.05) is 11.2 Å². The van der Waals surface area contributed by atoms with E-state index in [9.17, 15) is 13.2 Å². The topological polar surface area (TPSA) is 54.2 Å². The molecule has 5 nitrogen and oxygen atoms in total. The molecule has 0 radical (unpaired) electrons. The molecule has 0 unspecified atom stereocenters. The summed E-state index contributed by atoms with van der Waals surface area (Å²) in [4.78, 5) is 7.27. The number of aromatic nitrogens is 2. The molecule has 4 rings (SSSR count). The molecular weight excluding hydrogens is 377 g/mol. The van der Waals surface area contributed by atoms with Crippen LogP contribution in [0.2, 0.25) is 0 Å². The summed E-state index contributed by atoms with van der Waals surface area (Å²) in [5.41, 5.74) is 0.499. The quantitative estimate of drug-likeness (QED) is 0.658. The third-order valence-corrected chi connectivity index (χ3v) is 5.28. The Bertz CT molecular complexity index is 902. The van der Waals surface area contributed by atoms with Gasteiger partial charge in [-0.2, -0.15) is 18.2 Å². The van der Waals surface area contributed by atoms with Gasteiger partial charge in [-0.05, 0) is 42.5 Å². The van der Waals surface area contributed by atoms with E-state index >= 15 is 0 Å². The fourth-order valence-corrected chi connectivity index (χ4v) is 3.74. The highest BCUT2D eigenvalue weighted by Crippen LogP contribution is 2.36. The lowest BCUT2D eigenvalue weighted by atomic mass is 10.1. The van der Waals surface area contributed by atoms with Crippen molar-refractivity contribution in [2.75, 3.05) is 23.3 Å². The molecule has 3 aromatic rings. The zero-order valence-electron chi connectivity index (χ0n) is 14.3. The first-order valence-corrected chi connectivity index (χ1v) is 9.45. The van der Waals surface area contributed by atoms with Crippen LogP contribution in [-0.4, -0.2) is 23.2 Å². The van der Waals surface area contributed by atoms with Gasteiger partial charge in [0.15, 0.2) is 0 Å². The van der Waals surface area contributed by atoms with Crippen LogP contribution in [0.3, 0.4) is 0 Å². The Hall–Kier alpha value is -2.55. The molecular formula is C18H17F3N4OS. The van der Waals surface area contributed by atoms with Crippen LogP contribution < -0.4 is 10.2 Å². The van der Waals surface area contributed by atoms with Crippen LogP contribution in [0.4, 0.5) is 24.5 Å². The maximum Gasteiger partial charge on any atom is 0.416 e. The van der Waals surface area contributed by atoms with Gasteiger partial charge in [-0.25, -0.2) is 0 Å². The molecule has 1 aliphatic rings. The Morgan fingerprint density at radius 3 is 2.70 bits per heavy atom. The maximum absolute atomic E-state index is 13.1. The molecule has 1 saturated heterocycles. The van der Waals surface area contributed by atoms with Gasteiger partial charge in [0.1, 0.15) is 0 Å². The number of benzene rings is 1. The average Bonchev–Trinajstić information content (AvgIpc) is 3.41. The fraction of sp³-hybridized carbons (Fsp3) is 0.333. The van der Waals surface area contributed by atoms with Crippen molar-refractivity contribution < 1.29 is 17.7 Å². The molecule has 1 aliphatic heterocycles. The summed E-state index contributed by atoms with van der Waals surface area (Å²) >= 11 is 1.49. The number of thiophene rings is 1. The first-order chi connectivity index (χ1) is 13.0. The fourth-order valence-electron chi connectivity index (χ4n) is 3.09. The first kappa shape index (κ1) is 17.8. The number of anilines is 2. The van der Waals surface area contributed by atoms with Gasteiger partial charge < -0.3 is 14.7 Å². The minimum atomic E-state index is -4.39. The van der Waals surface area contributed by atoms with Gasteiger partial charge in [0.05, 0.1) is 28.4 Å². The summed E-state index contributed by atoms with van der Waals surface area (Å²) in [5, 5.41) is 8.88. The smallest absolute Gasteiger partial charge is 0.374 e. The van der Waals surface area contributed by atoms with Crippen molar-refractivity contribution in [1.29, 1.82) is 0 Å². The molecule has 0 spiro atoms. The van der Waals surface area contributed by atoms with Crippen LogP contribution in [0.1, 0.15) is 24.3 Å². The molecule has 1 N–H and O–H groups in total. The van der Waals surface area contributed by atoms with Crippen molar-refractivity contribution in [1.82, 2.24) is 10.1 Å². The molecule has 0 aliphatic carbocycles. The second kappa shape index (κ2) is 7.22. The van der Waals surface area contributed by atoms with E-state index in [0.717, 1.165) is 48.6 Å². The van der Waals surface area contributed by atoms with E-state index in [0.29, 0.717) is 17.4 Å². The van der Waals surface area contributed by atoms with Crippen LogP contribution in [-0.2, 0) is 12.7 Å². The molecule has 3 heterocycles. The second-order valence-corrected chi connectivity index (χ2v) is 7.21. The Balaban J connectivity index is 1.56. The molecule has 9 heteroatoms. The van der Waals surface area contributed by atoms with Crippen LogP contribution in [0.25, 0.3) is 10.7 Å². The van der Waals surface area contributed by atoms with Gasteiger partial charge >= 0.3 is 6.18 Å². The number of rotatable bonds is 5. The van der Waals surface area contributed by atoms with Crippen molar-refractivity contribution in [3.8, 4) is 10.7 Å². The number of alkyl halides is 3. The molecule has 2 aromatic heterocycles. The molecule has 142 valence electrons. The van der Waals surface area contributed by atoms with Gasteiger partial charge in [0, 0.05) is 13.1 Å². The second-order valence-electron chi connectivity index (χ2n) is 6.27. The number of hydrogen-bond donors (Lipinski definition) is 1. The normalized spacial score (nSPS) is 14.7. The zero-order chi connectivity index (χ0) is 18.9. The predicted molar refractivity (Wildman–Crippen MR) is 97.8 cm³/mol. The van der Waals surface area contributed by atoms with Gasteiger partial charge in [0.25, 0.3) is 0 Å². The highest BCUT2D eigenvalue weighted by Gasteiger charge is 2.31. The highest BCUT2D eigenvalue weighted by molar-refractivity contribution is 7.13. The van der Waals surface area contributed by atoms with Crippen LogP contribution >= 0.6 is 11.3 Å². The van der Waals surface area contributed by atoms with E-state index < -0.39 is 11.7 Å². The van der Waals surface area contributed by atoms with Crippen LogP contribution in [0.5, 0.6) is 0 Å². The van der Waals surface area contributed by atoms with Crippen LogP contribution in [0, 0.1) is 0 Å². The largest absolute Gasteiger partial charge is 0.416 e. The Morgan fingerprint density at radius 2 is 2.00 bits per heavy atom. The summed E-state index contributed by atoms with van der Waals surface area (Å²) in [6.45, 7) is 1.83. The molecule has 0 amide bonds. The Kier molecular flexibility index (Phi) is 4.77. The molecule has 1 fully saturated rings. The number of halogens is 3. The van der Waals surface area contributed by atoms with E-state index in [4.69, 9.17) is 4.52 Å². The third-order valence-electron chi connectivity index (χ3n) is 4.41. The van der Waals surface area contributed by atoms with Crippen LogP contribution in [0.15, 0.2) is 40.2 Å². The monoisotopic (exact) mass is 394 g/mol. The SMILES string of the molecule is FC(F)(F)c1ccc(N2CCCC2)c(NCc2nc(-c3cccs3)no2)c1. The number of nitrogens with one attached hydrogen (secondary N) is 1. The minimum absolute atomic E-state index is 0.153. The van der Waals surface area contributed by atoms with Gasteiger partial charge in [-0.3, -0.25) is 0 Å². The molecule has 1 aromatic carbocycles. The van der Waals surface area contributed by atoms with Crippen molar-refractivity contribution in [3.05, 3.63) is 47.2 Å². The first-order valence-electron chi connectivity index (χ1n) is 8.57. The van der Waals surface area contributed by atoms with Crippen molar-refractivity contribution in [3.63, 3.8) is 0 Å². The summed E-state index contributed by atoms with van der Waals surface area (Å²) in [6.07, 6.45) is -2.32. The maximum atomic E-state index is 13.1. The van der Waals surface area contributed by atoms with E-state index in [-0.39, 0.29) is 6.54 Å². The van der Waals surface area contributed by atoms with E-state index in [2.05, 4.69) is 20.4 Å². The standard InChI is InChI=1S/C18H17F3N4OS/c19-18(20,21)12-5-6-14(25-7-1-2-8-25)13(10-12)22-11-16-23-17(24-26-16)15-4-3-9-27-15/h3-6,9-10,22H,1-2,7-8,11H2. The van der Waals surface area contributed by atoms with E-state index in [1.54, 1.807) is 0 Å². The summed E-state index contributed by atoms with van der Waals surface area (Å²) < 4.78 is 44.6. The van der Waals surface area contributed by atoms with Crippen molar-refractivity contribution in [2.45, 2.75) is 25.6 Å². The van der Waals surface area contributed by atoms with Crippen molar-refractivity contribution >= 4 is 22.7 Å². The molecule has 0 atom stereocenters. The predicted octanol–water partition coefficient (Wildman–Crippen LogP) is 5.03. The number of hydrogen-bond acceptors (Lipinski definition) is 6. The third kappa shape index (κ3) is 3.92. The molecule has 0 saturated carbocycles. The van der Waals surface area contributed by atoms with E-state index in [1.807, 2.05) is 17.5 Å². The lowest BCUT2D eigenvalue weighted by Gasteiger charge is -2.23. The summed E-state index contributed by atoms with van der Waals surface area (Å²) in [7, 11) is 0. The summed E-state index contributed by atoms with van der Waals surface area (Å²) in [5.74, 6) is 0.800. The number of nitrogens with zero attached hydrogens (tertiary/aromatic N) is 3. The summed E-state index contributed by atoms with van der Waals surface area (Å²) in [6, 6.07) is 7.57.